The van der Waals surface area contributed by atoms with E-state index in [1.165, 1.54) is 19.1 Å². The molecule has 25 heavy (non-hydrogen) atoms. The summed E-state index contributed by atoms with van der Waals surface area (Å²) in [6.45, 7) is 7.53. The first kappa shape index (κ1) is 19.3. The highest BCUT2D eigenvalue weighted by Crippen LogP contribution is 2.37. The minimum absolute atomic E-state index is 0.00767. The van der Waals surface area contributed by atoms with Crippen molar-refractivity contribution in [1.29, 1.82) is 0 Å². The third-order valence-corrected chi connectivity index (χ3v) is 4.84. The van der Waals surface area contributed by atoms with Gasteiger partial charge in [-0.05, 0) is 57.7 Å². The van der Waals surface area contributed by atoms with Crippen LogP contribution in [0.3, 0.4) is 0 Å². The molecule has 1 amide bonds. The summed E-state index contributed by atoms with van der Waals surface area (Å²) >= 11 is 0. The van der Waals surface area contributed by atoms with E-state index in [0.29, 0.717) is 35.4 Å². The van der Waals surface area contributed by atoms with E-state index in [1.54, 1.807) is 20.8 Å². The number of ether oxygens (including phenoxy) is 1. The average Bonchev–Trinajstić information content (AvgIpc) is 3.09. The molecular formula is C19H27NO5. The Kier molecular flexibility index (Phi) is 5.75. The molecule has 0 aromatic heterocycles. The molecule has 0 saturated carbocycles. The molecule has 2 unspecified atom stereocenters. The second-order valence-corrected chi connectivity index (χ2v) is 6.81. The number of carbonyl (C=O) groups excluding carboxylic acids is 1. The summed E-state index contributed by atoms with van der Waals surface area (Å²) in [6.07, 6.45) is 4.64. The zero-order valence-electron chi connectivity index (χ0n) is 15.2. The molecule has 0 spiro atoms. The van der Waals surface area contributed by atoms with Gasteiger partial charge >= 0.3 is 0 Å². The van der Waals surface area contributed by atoms with E-state index in [-0.39, 0.29) is 17.6 Å². The van der Waals surface area contributed by atoms with Gasteiger partial charge < -0.3 is 25.4 Å². The van der Waals surface area contributed by atoms with Gasteiger partial charge in [0.25, 0.3) is 5.91 Å². The number of aliphatic hydroxyl groups is 1. The molecule has 1 fully saturated rings. The number of phenolic OH excluding ortho intramolecular Hbond substituents is 2. The first-order valence-corrected chi connectivity index (χ1v) is 8.48. The average molecular weight is 349 g/mol. The Morgan fingerprint density at radius 2 is 1.88 bits per heavy atom. The molecule has 4 N–H and O–H groups in total. The van der Waals surface area contributed by atoms with E-state index in [4.69, 9.17) is 4.74 Å². The van der Waals surface area contributed by atoms with Gasteiger partial charge in [0.2, 0.25) is 0 Å². The first-order valence-electron chi connectivity index (χ1n) is 8.48. The van der Waals surface area contributed by atoms with Gasteiger partial charge in [0.05, 0.1) is 6.10 Å². The summed E-state index contributed by atoms with van der Waals surface area (Å²) in [5.41, 5.74) is 0.296. The van der Waals surface area contributed by atoms with Gasteiger partial charge in [0.15, 0.2) is 5.60 Å². The van der Waals surface area contributed by atoms with Crippen LogP contribution in [0.25, 0.3) is 6.08 Å². The van der Waals surface area contributed by atoms with E-state index >= 15 is 0 Å². The zero-order chi connectivity index (χ0) is 18.8. The minimum Gasteiger partial charge on any atom is -0.507 e. The summed E-state index contributed by atoms with van der Waals surface area (Å²) < 4.78 is 5.44. The number of carbonyl (C=O) groups is 1. The Morgan fingerprint density at radius 1 is 1.24 bits per heavy atom. The van der Waals surface area contributed by atoms with Crippen molar-refractivity contribution in [2.75, 3.05) is 13.2 Å². The van der Waals surface area contributed by atoms with Crippen LogP contribution in [0.2, 0.25) is 0 Å². The summed E-state index contributed by atoms with van der Waals surface area (Å²) in [4.78, 5) is 12.2. The molecule has 138 valence electrons. The molecule has 1 heterocycles. The van der Waals surface area contributed by atoms with E-state index in [2.05, 4.69) is 5.32 Å². The van der Waals surface area contributed by atoms with Crippen LogP contribution in [0.4, 0.5) is 0 Å². The highest BCUT2D eigenvalue weighted by atomic mass is 16.5. The highest BCUT2D eigenvalue weighted by molar-refractivity contribution is 5.88. The maximum atomic E-state index is 12.2. The van der Waals surface area contributed by atoms with Crippen molar-refractivity contribution in [3.63, 3.8) is 0 Å². The van der Waals surface area contributed by atoms with Gasteiger partial charge in [-0.15, -0.1) is 0 Å². The summed E-state index contributed by atoms with van der Waals surface area (Å²) in [5.74, 6) is -0.415. The molecule has 1 aliphatic heterocycles. The van der Waals surface area contributed by atoms with Crippen molar-refractivity contribution >= 4 is 12.0 Å². The largest absolute Gasteiger partial charge is 0.507 e. The number of benzene rings is 1. The van der Waals surface area contributed by atoms with Gasteiger partial charge in [0.1, 0.15) is 11.5 Å². The number of nitrogens with one attached hydrogen (secondary N) is 1. The quantitative estimate of drug-likeness (QED) is 0.610. The Morgan fingerprint density at radius 3 is 2.48 bits per heavy atom. The third kappa shape index (κ3) is 4.14. The molecule has 6 nitrogen and oxygen atoms in total. The smallest absolute Gasteiger partial charge is 0.255 e. The fraction of sp³-hybridized carbons (Fsp3) is 0.526. The van der Waals surface area contributed by atoms with Crippen molar-refractivity contribution in [2.24, 2.45) is 0 Å². The van der Waals surface area contributed by atoms with Crippen molar-refractivity contribution < 1.29 is 24.9 Å². The fourth-order valence-corrected chi connectivity index (χ4v) is 2.86. The Balaban J connectivity index is 2.15. The number of hydrogen-bond donors (Lipinski definition) is 4. The molecule has 0 bridgehead atoms. The molecule has 1 aliphatic rings. The van der Waals surface area contributed by atoms with Crippen LogP contribution in [0, 0.1) is 20.8 Å². The minimum atomic E-state index is -1.74. The lowest BCUT2D eigenvalue weighted by Crippen LogP contribution is -2.45. The lowest BCUT2D eigenvalue weighted by atomic mass is 9.95. The van der Waals surface area contributed by atoms with E-state index in [0.717, 1.165) is 12.8 Å². The summed E-state index contributed by atoms with van der Waals surface area (Å²) in [6, 6.07) is 0. The SMILES string of the molecule is Cc1c(C)c(O)c(C=CC(C)(O)C(=O)NCC2CCCO2)c(C)c1O. The zero-order valence-corrected chi connectivity index (χ0v) is 15.2. The molecule has 1 aromatic rings. The predicted molar refractivity (Wildman–Crippen MR) is 95.6 cm³/mol. The van der Waals surface area contributed by atoms with Crippen LogP contribution >= 0.6 is 0 Å². The molecule has 0 radical (unpaired) electrons. The number of hydrogen-bond acceptors (Lipinski definition) is 5. The monoisotopic (exact) mass is 349 g/mol. The van der Waals surface area contributed by atoms with Crippen molar-refractivity contribution in [1.82, 2.24) is 5.32 Å². The van der Waals surface area contributed by atoms with Crippen LogP contribution in [0.5, 0.6) is 11.5 Å². The van der Waals surface area contributed by atoms with Crippen molar-refractivity contribution in [3.8, 4) is 11.5 Å². The molecule has 1 saturated heterocycles. The van der Waals surface area contributed by atoms with E-state index in [1.807, 2.05) is 0 Å². The van der Waals surface area contributed by atoms with Crippen LogP contribution in [0.1, 0.15) is 42.0 Å². The predicted octanol–water partition coefficient (Wildman–Crippen LogP) is 2.08. The van der Waals surface area contributed by atoms with Gasteiger partial charge in [-0.3, -0.25) is 4.79 Å². The number of rotatable bonds is 5. The Labute approximate surface area is 148 Å². The lowest BCUT2D eigenvalue weighted by molar-refractivity contribution is -0.134. The number of aromatic hydroxyl groups is 2. The second-order valence-electron chi connectivity index (χ2n) is 6.81. The van der Waals surface area contributed by atoms with E-state index < -0.39 is 11.5 Å². The standard InChI is InChI=1S/C19H27NO5/c1-11-12(2)17(22)15(13(3)16(11)21)7-8-19(4,24)18(23)20-10-14-6-5-9-25-14/h7-8,14,21-22,24H,5-6,9-10H2,1-4H3,(H,20,23). The molecule has 2 atom stereocenters. The maximum Gasteiger partial charge on any atom is 0.255 e. The molecule has 0 aliphatic carbocycles. The summed E-state index contributed by atoms with van der Waals surface area (Å²) in [7, 11) is 0. The second kappa shape index (κ2) is 7.45. The molecule has 1 aromatic carbocycles. The normalized spacial score (nSPS) is 20.0. The third-order valence-electron chi connectivity index (χ3n) is 4.84. The van der Waals surface area contributed by atoms with Crippen LogP contribution in [-0.2, 0) is 9.53 Å². The van der Waals surface area contributed by atoms with Gasteiger partial charge in [0, 0.05) is 24.3 Å². The van der Waals surface area contributed by atoms with Crippen molar-refractivity contribution in [3.05, 3.63) is 28.3 Å². The maximum absolute atomic E-state index is 12.2. The number of amides is 1. The molecule has 2 rings (SSSR count). The molecular weight excluding hydrogens is 322 g/mol. The van der Waals surface area contributed by atoms with E-state index in [9.17, 15) is 20.1 Å². The first-order chi connectivity index (χ1) is 11.6. The topological polar surface area (TPSA) is 99.0 Å². The van der Waals surface area contributed by atoms with Gasteiger partial charge in [-0.2, -0.15) is 0 Å². The van der Waals surface area contributed by atoms with Crippen LogP contribution < -0.4 is 5.32 Å². The van der Waals surface area contributed by atoms with Gasteiger partial charge in [-0.25, -0.2) is 0 Å². The van der Waals surface area contributed by atoms with Gasteiger partial charge in [-0.1, -0.05) is 6.08 Å². The Bertz CT molecular complexity index is 659. The summed E-state index contributed by atoms with van der Waals surface area (Å²) in [5, 5.41) is 33.5. The fourth-order valence-electron chi connectivity index (χ4n) is 2.86. The molecule has 6 heteroatoms. The van der Waals surface area contributed by atoms with Crippen LogP contribution in [0.15, 0.2) is 6.08 Å². The van der Waals surface area contributed by atoms with Crippen molar-refractivity contribution in [2.45, 2.75) is 52.2 Å². The lowest BCUT2D eigenvalue weighted by Gasteiger charge is -2.20. The van der Waals surface area contributed by atoms with Crippen LogP contribution in [-0.4, -0.2) is 46.1 Å². The number of phenols is 2. The Hall–Kier alpha value is -2.05. The highest BCUT2D eigenvalue weighted by Gasteiger charge is 2.28.